The SMILES string of the molecule is Cc1ccc(OCC(=O)NC2CCC(C)(C)C2)cc1C. The topological polar surface area (TPSA) is 38.3 Å². The summed E-state index contributed by atoms with van der Waals surface area (Å²) < 4.78 is 5.55. The number of carbonyl (C=O) groups excluding carboxylic acids is 1. The molecule has 0 aromatic heterocycles. The smallest absolute Gasteiger partial charge is 0.258 e. The molecule has 1 aromatic rings. The van der Waals surface area contributed by atoms with Gasteiger partial charge in [0, 0.05) is 6.04 Å². The number of carbonyl (C=O) groups is 1. The molecule has 2 rings (SSSR count). The molecule has 1 atom stereocenters. The predicted molar refractivity (Wildman–Crippen MR) is 81.0 cm³/mol. The third-order valence-electron chi connectivity index (χ3n) is 4.18. The lowest BCUT2D eigenvalue weighted by Crippen LogP contribution is -2.36. The van der Waals surface area contributed by atoms with Crippen molar-refractivity contribution < 1.29 is 9.53 Å². The van der Waals surface area contributed by atoms with Crippen LogP contribution < -0.4 is 10.1 Å². The molecule has 1 saturated carbocycles. The molecule has 3 heteroatoms. The maximum absolute atomic E-state index is 11.9. The number of aryl methyl sites for hydroxylation is 2. The van der Waals surface area contributed by atoms with Crippen LogP contribution in [0.3, 0.4) is 0 Å². The standard InChI is InChI=1S/C17H25NO2/c1-12-5-6-15(9-13(12)2)20-11-16(19)18-14-7-8-17(3,4)10-14/h5-6,9,14H,7-8,10-11H2,1-4H3,(H,18,19). The van der Waals surface area contributed by atoms with Gasteiger partial charge in [0.05, 0.1) is 0 Å². The predicted octanol–water partition coefficient (Wildman–Crippen LogP) is 3.38. The van der Waals surface area contributed by atoms with Crippen molar-refractivity contribution in [3.05, 3.63) is 29.3 Å². The fourth-order valence-corrected chi connectivity index (χ4v) is 2.78. The minimum absolute atomic E-state index is 0.0223. The molecular weight excluding hydrogens is 250 g/mol. The Morgan fingerprint density at radius 2 is 2.10 bits per heavy atom. The lowest BCUT2D eigenvalue weighted by atomic mass is 9.92. The van der Waals surface area contributed by atoms with Crippen LogP contribution in [0.1, 0.15) is 44.2 Å². The van der Waals surface area contributed by atoms with Crippen molar-refractivity contribution in [2.45, 2.75) is 53.0 Å². The van der Waals surface area contributed by atoms with Crippen molar-refractivity contribution in [1.29, 1.82) is 0 Å². The number of hydrogen-bond acceptors (Lipinski definition) is 2. The summed E-state index contributed by atoms with van der Waals surface area (Å²) in [6.45, 7) is 8.71. The van der Waals surface area contributed by atoms with E-state index in [9.17, 15) is 4.79 Å². The zero-order valence-electron chi connectivity index (χ0n) is 13.0. The van der Waals surface area contributed by atoms with Crippen LogP contribution in [0.4, 0.5) is 0 Å². The highest BCUT2D eigenvalue weighted by atomic mass is 16.5. The third-order valence-corrected chi connectivity index (χ3v) is 4.18. The van der Waals surface area contributed by atoms with Gasteiger partial charge in [0.2, 0.25) is 0 Å². The van der Waals surface area contributed by atoms with Gasteiger partial charge in [-0.3, -0.25) is 4.79 Å². The van der Waals surface area contributed by atoms with Gasteiger partial charge in [0.25, 0.3) is 5.91 Å². The molecule has 110 valence electrons. The summed E-state index contributed by atoms with van der Waals surface area (Å²) in [4.78, 5) is 11.9. The van der Waals surface area contributed by atoms with Gasteiger partial charge in [-0.15, -0.1) is 0 Å². The summed E-state index contributed by atoms with van der Waals surface area (Å²) in [7, 11) is 0. The fraction of sp³-hybridized carbons (Fsp3) is 0.588. The van der Waals surface area contributed by atoms with Crippen LogP contribution in [-0.4, -0.2) is 18.6 Å². The number of benzene rings is 1. The van der Waals surface area contributed by atoms with E-state index in [2.05, 4.69) is 26.1 Å². The molecule has 20 heavy (non-hydrogen) atoms. The normalized spacial score (nSPS) is 20.7. The Bertz CT molecular complexity index is 494. The largest absolute Gasteiger partial charge is 0.484 e. The number of rotatable bonds is 4. The maximum atomic E-state index is 11.9. The van der Waals surface area contributed by atoms with Gasteiger partial charge in [-0.2, -0.15) is 0 Å². The molecule has 0 saturated heterocycles. The van der Waals surface area contributed by atoms with Gasteiger partial charge < -0.3 is 10.1 Å². The van der Waals surface area contributed by atoms with Crippen molar-refractivity contribution in [2.24, 2.45) is 5.41 Å². The van der Waals surface area contributed by atoms with Crippen molar-refractivity contribution in [2.75, 3.05) is 6.61 Å². The first kappa shape index (κ1) is 14.9. The van der Waals surface area contributed by atoms with Gasteiger partial charge in [0.1, 0.15) is 5.75 Å². The molecule has 0 spiro atoms. The highest BCUT2D eigenvalue weighted by Gasteiger charge is 2.31. The molecule has 0 heterocycles. The molecule has 1 N–H and O–H groups in total. The van der Waals surface area contributed by atoms with E-state index in [0.29, 0.717) is 11.5 Å². The zero-order chi connectivity index (χ0) is 14.8. The molecule has 0 radical (unpaired) electrons. The molecule has 0 bridgehead atoms. The quantitative estimate of drug-likeness (QED) is 0.915. The summed E-state index contributed by atoms with van der Waals surface area (Å²) in [5.41, 5.74) is 2.77. The Balaban J connectivity index is 1.79. The first-order valence-corrected chi connectivity index (χ1v) is 7.35. The van der Waals surface area contributed by atoms with Gasteiger partial charge >= 0.3 is 0 Å². The Kier molecular flexibility index (Phi) is 4.36. The van der Waals surface area contributed by atoms with Gasteiger partial charge in [-0.05, 0) is 61.8 Å². The maximum Gasteiger partial charge on any atom is 0.258 e. The van der Waals surface area contributed by atoms with E-state index in [1.165, 1.54) is 17.5 Å². The van der Waals surface area contributed by atoms with Gasteiger partial charge in [-0.1, -0.05) is 19.9 Å². The molecule has 1 fully saturated rings. The van der Waals surface area contributed by atoms with Crippen LogP contribution >= 0.6 is 0 Å². The zero-order valence-corrected chi connectivity index (χ0v) is 13.0. The van der Waals surface area contributed by atoms with E-state index in [4.69, 9.17) is 4.74 Å². The molecule has 1 amide bonds. The first-order valence-electron chi connectivity index (χ1n) is 7.35. The molecule has 1 aliphatic carbocycles. The highest BCUT2D eigenvalue weighted by molar-refractivity contribution is 5.77. The van der Waals surface area contributed by atoms with E-state index < -0.39 is 0 Å². The van der Waals surface area contributed by atoms with Crippen LogP contribution in [0, 0.1) is 19.3 Å². The average molecular weight is 275 g/mol. The molecular formula is C17H25NO2. The summed E-state index contributed by atoms with van der Waals surface area (Å²) >= 11 is 0. The van der Waals surface area contributed by atoms with Crippen LogP contribution in [0.15, 0.2) is 18.2 Å². The van der Waals surface area contributed by atoms with Crippen molar-refractivity contribution in [3.8, 4) is 5.75 Å². The van der Waals surface area contributed by atoms with Gasteiger partial charge in [-0.25, -0.2) is 0 Å². The third kappa shape index (κ3) is 3.99. The molecule has 1 unspecified atom stereocenters. The van der Waals surface area contributed by atoms with Crippen LogP contribution in [0.25, 0.3) is 0 Å². The minimum Gasteiger partial charge on any atom is -0.484 e. The summed E-state index contributed by atoms with van der Waals surface area (Å²) in [6.07, 6.45) is 3.31. The minimum atomic E-state index is -0.0223. The van der Waals surface area contributed by atoms with Gasteiger partial charge in [0.15, 0.2) is 6.61 Å². The lowest BCUT2D eigenvalue weighted by molar-refractivity contribution is -0.123. The molecule has 3 nitrogen and oxygen atoms in total. The first-order chi connectivity index (χ1) is 9.35. The van der Waals surface area contributed by atoms with Crippen LogP contribution in [0.5, 0.6) is 5.75 Å². The van der Waals surface area contributed by atoms with E-state index in [1.807, 2.05) is 25.1 Å². The Labute approximate surface area is 121 Å². The van der Waals surface area contributed by atoms with E-state index in [0.717, 1.165) is 18.6 Å². The fourth-order valence-electron chi connectivity index (χ4n) is 2.78. The van der Waals surface area contributed by atoms with E-state index in [-0.39, 0.29) is 12.5 Å². The monoisotopic (exact) mass is 275 g/mol. The number of hydrogen-bond donors (Lipinski definition) is 1. The average Bonchev–Trinajstić information content (AvgIpc) is 2.70. The number of nitrogens with one attached hydrogen (secondary N) is 1. The Morgan fingerprint density at radius 1 is 1.35 bits per heavy atom. The van der Waals surface area contributed by atoms with E-state index >= 15 is 0 Å². The number of ether oxygens (including phenoxy) is 1. The summed E-state index contributed by atoms with van der Waals surface area (Å²) in [5, 5.41) is 3.07. The molecule has 1 aromatic carbocycles. The molecule has 1 aliphatic rings. The lowest BCUT2D eigenvalue weighted by Gasteiger charge is -2.18. The Hall–Kier alpha value is -1.51. The number of amides is 1. The van der Waals surface area contributed by atoms with Crippen molar-refractivity contribution >= 4 is 5.91 Å². The summed E-state index contributed by atoms with van der Waals surface area (Å²) in [6, 6.07) is 6.21. The highest BCUT2D eigenvalue weighted by Crippen LogP contribution is 2.36. The second-order valence-corrected chi connectivity index (χ2v) is 6.71. The molecule has 0 aliphatic heterocycles. The van der Waals surface area contributed by atoms with Crippen molar-refractivity contribution in [1.82, 2.24) is 5.32 Å². The second kappa shape index (κ2) is 5.86. The second-order valence-electron chi connectivity index (χ2n) is 6.71. The van der Waals surface area contributed by atoms with Crippen LogP contribution in [0.2, 0.25) is 0 Å². The van der Waals surface area contributed by atoms with Crippen LogP contribution in [-0.2, 0) is 4.79 Å². The summed E-state index contributed by atoms with van der Waals surface area (Å²) in [5.74, 6) is 0.737. The Morgan fingerprint density at radius 3 is 2.70 bits per heavy atom. The van der Waals surface area contributed by atoms with Crippen molar-refractivity contribution in [3.63, 3.8) is 0 Å². The van der Waals surface area contributed by atoms with E-state index in [1.54, 1.807) is 0 Å².